The van der Waals surface area contributed by atoms with Crippen molar-refractivity contribution in [3.63, 3.8) is 0 Å². The smallest absolute Gasteiger partial charge is 0.279 e. The molecule has 1 fully saturated rings. The lowest BCUT2D eigenvalue weighted by Gasteiger charge is -2.32. The first-order valence-electron chi connectivity index (χ1n) is 13.9. The van der Waals surface area contributed by atoms with E-state index in [1.54, 1.807) is 31.3 Å². The molecule has 1 aliphatic heterocycles. The number of carbonyl (C=O) groups excluding carboxylic acids is 1. The van der Waals surface area contributed by atoms with Crippen molar-refractivity contribution < 1.29 is 23.4 Å². The van der Waals surface area contributed by atoms with E-state index in [-0.39, 0.29) is 17.6 Å². The summed E-state index contributed by atoms with van der Waals surface area (Å²) in [5, 5.41) is 9.55. The lowest BCUT2D eigenvalue weighted by Crippen LogP contribution is -2.41. The topological polar surface area (TPSA) is 127 Å². The van der Waals surface area contributed by atoms with Gasteiger partial charge in [-0.25, -0.2) is 19.3 Å². The quantitative estimate of drug-likeness (QED) is 0.154. The van der Waals surface area contributed by atoms with Crippen LogP contribution in [0, 0.1) is 5.82 Å². The molecule has 0 spiro atoms. The van der Waals surface area contributed by atoms with Crippen LogP contribution in [0.4, 0.5) is 21.6 Å². The number of piperidine rings is 1. The van der Waals surface area contributed by atoms with E-state index in [9.17, 15) is 4.79 Å². The second-order valence-corrected chi connectivity index (χ2v) is 10.9. The molecule has 226 valence electrons. The van der Waals surface area contributed by atoms with Crippen LogP contribution in [0.1, 0.15) is 12.8 Å². The number of halogens is 1. The van der Waals surface area contributed by atoms with Crippen molar-refractivity contribution in [2.45, 2.75) is 18.9 Å². The summed E-state index contributed by atoms with van der Waals surface area (Å²) in [7, 11) is 3.18. The number of rotatable bonds is 10. The van der Waals surface area contributed by atoms with E-state index in [0.29, 0.717) is 58.1 Å². The van der Waals surface area contributed by atoms with Gasteiger partial charge in [0.1, 0.15) is 35.2 Å². The fourth-order valence-electron chi connectivity index (χ4n) is 5.02. The number of nitrogens with one attached hydrogen (secondary N) is 3. The van der Waals surface area contributed by atoms with Crippen LogP contribution < -0.4 is 24.8 Å². The molecular formula is C31H30FN7O4S. The predicted octanol–water partition coefficient (Wildman–Crippen LogP) is 6.36. The summed E-state index contributed by atoms with van der Waals surface area (Å²) in [5.41, 5.74) is 3.10. The number of benzene rings is 2. The third-order valence-electron chi connectivity index (χ3n) is 7.33. The van der Waals surface area contributed by atoms with Crippen LogP contribution in [0.5, 0.6) is 22.6 Å². The summed E-state index contributed by atoms with van der Waals surface area (Å²) in [5.74, 6) is 1.42. The van der Waals surface area contributed by atoms with Crippen LogP contribution in [-0.2, 0) is 4.79 Å². The molecular weight excluding hydrogens is 585 g/mol. The fraction of sp³-hybridized carbons (Fsp3) is 0.226. The number of nitrogens with zero attached hydrogens (tertiary/aromatic N) is 4. The maximum absolute atomic E-state index is 15.3. The van der Waals surface area contributed by atoms with Crippen LogP contribution in [-0.4, -0.2) is 64.1 Å². The number of carbonyl (C=O) groups is 1. The Hall–Kier alpha value is -5.17. The molecule has 0 aliphatic carbocycles. The predicted molar refractivity (Wildman–Crippen MR) is 168 cm³/mol. The molecule has 3 aromatic heterocycles. The fourth-order valence-corrected chi connectivity index (χ4v) is 5.71. The van der Waals surface area contributed by atoms with E-state index < -0.39 is 5.82 Å². The summed E-state index contributed by atoms with van der Waals surface area (Å²) >= 11 is 1.30. The van der Waals surface area contributed by atoms with Crippen molar-refractivity contribution >= 4 is 45.3 Å². The Labute approximate surface area is 256 Å². The Morgan fingerprint density at radius 3 is 2.68 bits per heavy atom. The molecule has 1 amide bonds. The molecule has 0 radical (unpaired) electrons. The summed E-state index contributed by atoms with van der Waals surface area (Å²) < 4.78 is 31.9. The zero-order chi connectivity index (χ0) is 30.6. The maximum atomic E-state index is 15.3. The Bertz CT molecular complexity index is 1820. The Kier molecular flexibility index (Phi) is 8.28. The van der Waals surface area contributed by atoms with Gasteiger partial charge in [-0.15, -0.1) is 0 Å². The highest BCUT2D eigenvalue weighted by atomic mass is 32.1. The van der Waals surface area contributed by atoms with Crippen molar-refractivity contribution in [2.75, 3.05) is 37.9 Å². The van der Waals surface area contributed by atoms with Gasteiger partial charge in [-0.2, -0.15) is 0 Å². The van der Waals surface area contributed by atoms with Crippen molar-refractivity contribution in [1.82, 2.24) is 24.8 Å². The number of methoxy groups -OCH3 is 2. The minimum Gasteiger partial charge on any atom is -0.495 e. The summed E-state index contributed by atoms with van der Waals surface area (Å²) in [4.78, 5) is 30.1. The Balaban J connectivity index is 1.18. The maximum Gasteiger partial charge on any atom is 0.279 e. The average Bonchev–Trinajstić information content (AvgIpc) is 3.72. The van der Waals surface area contributed by atoms with Gasteiger partial charge in [0.2, 0.25) is 5.91 Å². The van der Waals surface area contributed by atoms with E-state index in [2.05, 4.69) is 37.1 Å². The van der Waals surface area contributed by atoms with Gasteiger partial charge in [0.05, 0.1) is 36.8 Å². The summed E-state index contributed by atoms with van der Waals surface area (Å²) in [6.45, 7) is 4.85. The number of hydrogen-bond acceptors (Lipinski definition) is 10. The second-order valence-electron chi connectivity index (χ2n) is 10.0. The molecule has 3 N–H and O–H groups in total. The third kappa shape index (κ3) is 6.13. The van der Waals surface area contributed by atoms with Gasteiger partial charge in [-0.3, -0.25) is 4.79 Å². The molecule has 2 aromatic carbocycles. The molecule has 5 aromatic rings. The van der Waals surface area contributed by atoms with Crippen LogP contribution in [0.15, 0.2) is 66.8 Å². The lowest BCUT2D eigenvalue weighted by atomic mass is 10.0. The van der Waals surface area contributed by atoms with Crippen molar-refractivity contribution in [3.8, 4) is 34.0 Å². The molecule has 1 saturated heterocycles. The molecule has 0 unspecified atom stereocenters. The largest absolute Gasteiger partial charge is 0.495 e. The number of aromatic amines is 1. The number of ether oxygens (including phenoxy) is 3. The Morgan fingerprint density at radius 1 is 1.11 bits per heavy atom. The first-order chi connectivity index (χ1) is 21.4. The lowest BCUT2D eigenvalue weighted by molar-refractivity contribution is -0.126. The molecule has 0 atom stereocenters. The minimum atomic E-state index is -0.521. The zero-order valence-corrected chi connectivity index (χ0v) is 24.9. The van der Waals surface area contributed by atoms with E-state index in [1.807, 2.05) is 29.6 Å². The number of anilines is 3. The normalized spacial score (nSPS) is 13.5. The van der Waals surface area contributed by atoms with Crippen molar-refractivity contribution in [3.05, 3.63) is 72.6 Å². The molecule has 1 aliphatic rings. The molecule has 44 heavy (non-hydrogen) atoms. The van der Waals surface area contributed by atoms with E-state index in [0.717, 1.165) is 24.2 Å². The van der Waals surface area contributed by atoms with Gasteiger partial charge in [0.15, 0.2) is 5.88 Å². The number of H-pyrrole nitrogens is 1. The van der Waals surface area contributed by atoms with E-state index in [4.69, 9.17) is 14.2 Å². The molecule has 0 bridgehead atoms. The summed E-state index contributed by atoms with van der Waals surface area (Å²) in [6.07, 6.45) is 4.32. The van der Waals surface area contributed by atoms with Gasteiger partial charge in [0, 0.05) is 48.1 Å². The van der Waals surface area contributed by atoms with Crippen LogP contribution in [0.25, 0.3) is 22.3 Å². The monoisotopic (exact) mass is 615 g/mol. The number of aromatic nitrogens is 4. The average molecular weight is 616 g/mol. The molecule has 11 nitrogen and oxygen atoms in total. The number of likely N-dealkylation sites (tertiary alicyclic amines) is 1. The SMILES string of the molecule is C=CC(=O)N1CCC(Nc2cc3c(Nc4ccc(Oc5nc(-c6ccc(OC)[nH]6)cs5)cc4F)ncnc3cc2OC)CC1. The number of thiazole rings is 1. The first-order valence-corrected chi connectivity index (χ1v) is 14.8. The number of hydrogen-bond donors (Lipinski definition) is 3. The second kappa shape index (κ2) is 12.6. The van der Waals surface area contributed by atoms with Crippen LogP contribution >= 0.6 is 11.3 Å². The van der Waals surface area contributed by atoms with Crippen LogP contribution in [0.2, 0.25) is 0 Å². The third-order valence-corrected chi connectivity index (χ3v) is 8.05. The summed E-state index contributed by atoms with van der Waals surface area (Å²) in [6, 6.07) is 12.1. The molecule has 0 saturated carbocycles. The highest BCUT2D eigenvalue weighted by Gasteiger charge is 2.23. The van der Waals surface area contributed by atoms with Crippen LogP contribution in [0.3, 0.4) is 0 Å². The highest BCUT2D eigenvalue weighted by Crippen LogP contribution is 2.36. The molecule has 6 rings (SSSR count). The minimum absolute atomic E-state index is 0.0577. The standard InChI is InChI=1S/C31H30FN7O4S/c1-4-29(40)39-11-9-18(10-12-39)35-25-14-20-24(15-27(25)41-2)33-17-34-30(20)37-22-6-5-19(13-21(22)32)43-31-38-26(16-44-31)23-7-8-28(36-23)42-3/h4-8,13-18,35-36H,1,9-12H2,2-3H3,(H,33,34,37). The van der Waals surface area contributed by atoms with E-state index >= 15 is 4.39 Å². The first kappa shape index (κ1) is 28.9. The molecule has 13 heteroatoms. The number of amides is 1. The Morgan fingerprint density at radius 2 is 1.95 bits per heavy atom. The van der Waals surface area contributed by atoms with Gasteiger partial charge < -0.3 is 34.7 Å². The zero-order valence-electron chi connectivity index (χ0n) is 24.1. The van der Waals surface area contributed by atoms with E-state index in [1.165, 1.54) is 29.8 Å². The van der Waals surface area contributed by atoms with Gasteiger partial charge >= 0.3 is 0 Å². The number of fused-ring (bicyclic) bond motifs is 1. The highest BCUT2D eigenvalue weighted by molar-refractivity contribution is 7.11. The van der Waals surface area contributed by atoms with Gasteiger partial charge in [-0.05, 0) is 43.2 Å². The van der Waals surface area contributed by atoms with Crippen molar-refractivity contribution in [2.24, 2.45) is 0 Å². The molecule has 4 heterocycles. The van der Waals surface area contributed by atoms with Gasteiger partial charge in [-0.1, -0.05) is 17.9 Å². The van der Waals surface area contributed by atoms with Gasteiger partial charge in [0.25, 0.3) is 5.19 Å². The van der Waals surface area contributed by atoms with Crippen molar-refractivity contribution in [1.29, 1.82) is 0 Å².